The molecule has 0 radical (unpaired) electrons. The van der Waals surface area contributed by atoms with Crippen LogP contribution in [0.2, 0.25) is 0 Å². The number of sulfonamides is 1. The summed E-state index contributed by atoms with van der Waals surface area (Å²) in [5, 5.41) is 8.86. The Morgan fingerprint density at radius 1 is 1.40 bits per heavy atom. The van der Waals surface area contributed by atoms with Crippen molar-refractivity contribution in [3.63, 3.8) is 0 Å². The lowest BCUT2D eigenvalue weighted by molar-refractivity contribution is 0.0696. The van der Waals surface area contributed by atoms with E-state index in [1.165, 1.54) is 30.7 Å². The molecule has 2 aromatic rings. The summed E-state index contributed by atoms with van der Waals surface area (Å²) in [7, 11) is -3.54. The molecule has 1 aromatic heterocycles. The molecule has 20 heavy (non-hydrogen) atoms. The van der Waals surface area contributed by atoms with Crippen molar-refractivity contribution >= 4 is 16.0 Å². The smallest absolute Gasteiger partial charge is 0.335 e. The van der Waals surface area contributed by atoms with Crippen LogP contribution in [0.3, 0.4) is 0 Å². The number of aromatic carboxylic acids is 1. The van der Waals surface area contributed by atoms with Gasteiger partial charge in [0.15, 0.2) is 0 Å². The van der Waals surface area contributed by atoms with Crippen LogP contribution in [-0.2, 0) is 22.3 Å². The average molecular weight is 295 g/mol. The molecule has 0 bridgehead atoms. The van der Waals surface area contributed by atoms with E-state index in [2.05, 4.69) is 14.7 Å². The largest absolute Gasteiger partial charge is 0.478 e. The second-order valence-electron chi connectivity index (χ2n) is 4.16. The van der Waals surface area contributed by atoms with Gasteiger partial charge in [0.25, 0.3) is 0 Å². The van der Waals surface area contributed by atoms with E-state index in [-0.39, 0.29) is 17.9 Å². The quantitative estimate of drug-likeness (QED) is 0.727. The summed E-state index contributed by atoms with van der Waals surface area (Å²) in [4.78, 5) is 17.4. The molecule has 8 heteroatoms. The summed E-state index contributed by atoms with van der Waals surface area (Å²) in [6.45, 7) is 0.112. The van der Waals surface area contributed by atoms with E-state index in [4.69, 9.17) is 5.11 Å². The predicted molar refractivity (Wildman–Crippen MR) is 71.5 cm³/mol. The highest BCUT2D eigenvalue weighted by Crippen LogP contribution is 2.09. The first-order valence-electron chi connectivity index (χ1n) is 5.73. The van der Waals surface area contributed by atoms with Crippen molar-refractivity contribution in [3.05, 3.63) is 53.6 Å². The molecule has 0 aliphatic rings. The number of H-pyrrole nitrogens is 1. The van der Waals surface area contributed by atoms with E-state index in [9.17, 15) is 13.2 Å². The van der Waals surface area contributed by atoms with E-state index < -0.39 is 16.0 Å². The number of rotatable bonds is 6. The molecule has 0 atom stereocenters. The molecule has 2 rings (SSSR count). The number of carbonyl (C=O) groups is 1. The van der Waals surface area contributed by atoms with Gasteiger partial charge in [0.05, 0.1) is 24.2 Å². The fraction of sp³-hybridized carbons (Fsp3) is 0.167. The Morgan fingerprint density at radius 3 is 2.85 bits per heavy atom. The number of imidazole rings is 1. The van der Waals surface area contributed by atoms with Crippen molar-refractivity contribution in [2.24, 2.45) is 0 Å². The number of nitrogens with one attached hydrogen (secondary N) is 2. The van der Waals surface area contributed by atoms with Crippen LogP contribution in [0.25, 0.3) is 0 Å². The van der Waals surface area contributed by atoms with Crippen molar-refractivity contribution in [3.8, 4) is 0 Å². The van der Waals surface area contributed by atoms with E-state index in [1.807, 2.05) is 0 Å². The number of hydrogen-bond donors (Lipinski definition) is 3. The minimum Gasteiger partial charge on any atom is -0.478 e. The summed E-state index contributed by atoms with van der Waals surface area (Å²) < 4.78 is 26.2. The molecule has 0 saturated heterocycles. The van der Waals surface area contributed by atoms with Crippen molar-refractivity contribution in [1.29, 1.82) is 0 Å². The zero-order valence-corrected chi connectivity index (χ0v) is 11.2. The highest BCUT2D eigenvalue weighted by molar-refractivity contribution is 7.88. The first-order valence-corrected chi connectivity index (χ1v) is 7.38. The van der Waals surface area contributed by atoms with Crippen molar-refractivity contribution in [2.45, 2.75) is 12.3 Å². The number of carboxylic acids is 1. The SMILES string of the molecule is O=C(O)c1cccc(CS(=O)(=O)NCc2cnc[nH]2)c1. The van der Waals surface area contributed by atoms with E-state index in [1.54, 1.807) is 6.07 Å². The number of aromatic amines is 1. The van der Waals surface area contributed by atoms with Crippen LogP contribution >= 0.6 is 0 Å². The number of hydrogen-bond acceptors (Lipinski definition) is 4. The van der Waals surface area contributed by atoms with Crippen molar-refractivity contribution in [2.75, 3.05) is 0 Å². The number of carboxylic acid groups (broad SMARTS) is 1. The van der Waals surface area contributed by atoms with Gasteiger partial charge < -0.3 is 10.1 Å². The van der Waals surface area contributed by atoms with Crippen LogP contribution in [0.1, 0.15) is 21.6 Å². The van der Waals surface area contributed by atoms with Crippen LogP contribution in [0, 0.1) is 0 Å². The molecule has 106 valence electrons. The van der Waals surface area contributed by atoms with Gasteiger partial charge in [-0.05, 0) is 17.7 Å². The Bertz CT molecular complexity index is 695. The summed E-state index contributed by atoms with van der Waals surface area (Å²) in [5.41, 5.74) is 1.13. The molecular weight excluding hydrogens is 282 g/mol. The summed E-state index contributed by atoms with van der Waals surface area (Å²) in [5.74, 6) is -1.36. The lowest BCUT2D eigenvalue weighted by Gasteiger charge is -2.06. The standard InChI is InChI=1S/C12H13N3O4S/c16-12(17)10-3-1-2-9(4-10)7-20(18,19)15-6-11-5-13-8-14-11/h1-5,8,15H,6-7H2,(H,13,14)(H,16,17). The van der Waals surface area contributed by atoms with E-state index in [0.29, 0.717) is 11.3 Å². The molecule has 0 spiro atoms. The summed E-state index contributed by atoms with van der Waals surface area (Å²) >= 11 is 0. The second kappa shape index (κ2) is 5.85. The topological polar surface area (TPSA) is 112 Å². The first-order chi connectivity index (χ1) is 9.46. The van der Waals surface area contributed by atoms with Gasteiger partial charge in [-0.1, -0.05) is 12.1 Å². The normalized spacial score (nSPS) is 11.4. The second-order valence-corrected chi connectivity index (χ2v) is 5.97. The molecule has 0 aliphatic carbocycles. The molecule has 7 nitrogen and oxygen atoms in total. The Balaban J connectivity index is 2.04. The molecule has 0 unspecified atom stereocenters. The lowest BCUT2D eigenvalue weighted by Crippen LogP contribution is -2.25. The maximum absolute atomic E-state index is 11.9. The van der Waals surface area contributed by atoms with Gasteiger partial charge in [-0.15, -0.1) is 0 Å². The van der Waals surface area contributed by atoms with E-state index in [0.717, 1.165) is 0 Å². The molecule has 3 N–H and O–H groups in total. The van der Waals surface area contributed by atoms with Gasteiger partial charge in [0.2, 0.25) is 10.0 Å². The highest BCUT2D eigenvalue weighted by Gasteiger charge is 2.13. The third-order valence-electron chi connectivity index (χ3n) is 2.57. The Morgan fingerprint density at radius 2 is 2.20 bits per heavy atom. The maximum atomic E-state index is 11.9. The molecule has 0 aliphatic heterocycles. The van der Waals surface area contributed by atoms with Crippen LogP contribution in [0.5, 0.6) is 0 Å². The third-order valence-corrected chi connectivity index (χ3v) is 3.87. The zero-order valence-electron chi connectivity index (χ0n) is 10.4. The van der Waals surface area contributed by atoms with E-state index >= 15 is 0 Å². The van der Waals surface area contributed by atoms with Gasteiger partial charge >= 0.3 is 5.97 Å². The number of benzene rings is 1. The minimum atomic E-state index is -3.54. The average Bonchev–Trinajstić information content (AvgIpc) is 2.89. The highest BCUT2D eigenvalue weighted by atomic mass is 32.2. The van der Waals surface area contributed by atoms with Crippen LogP contribution < -0.4 is 4.72 Å². The van der Waals surface area contributed by atoms with Crippen LogP contribution in [0.4, 0.5) is 0 Å². The molecule has 1 heterocycles. The third kappa shape index (κ3) is 3.90. The number of nitrogens with zero attached hydrogens (tertiary/aromatic N) is 1. The Hall–Kier alpha value is -2.19. The Kier molecular flexibility index (Phi) is 4.16. The zero-order chi connectivity index (χ0) is 14.6. The molecule has 1 aromatic carbocycles. The fourth-order valence-electron chi connectivity index (χ4n) is 1.63. The Labute approximate surface area is 115 Å². The summed E-state index contributed by atoms with van der Waals surface area (Å²) in [6, 6.07) is 5.85. The van der Waals surface area contributed by atoms with Crippen LogP contribution in [-0.4, -0.2) is 29.5 Å². The van der Waals surface area contributed by atoms with Gasteiger partial charge in [-0.25, -0.2) is 22.9 Å². The molecule has 0 amide bonds. The number of aromatic nitrogens is 2. The summed E-state index contributed by atoms with van der Waals surface area (Å²) in [6.07, 6.45) is 2.98. The van der Waals surface area contributed by atoms with Crippen LogP contribution in [0.15, 0.2) is 36.8 Å². The minimum absolute atomic E-state index is 0.0614. The molecule has 0 saturated carbocycles. The predicted octanol–water partition coefficient (Wildman–Crippen LogP) is 0.727. The van der Waals surface area contributed by atoms with Gasteiger partial charge in [0, 0.05) is 11.9 Å². The molecule has 0 fully saturated rings. The van der Waals surface area contributed by atoms with Gasteiger partial charge in [-0.2, -0.15) is 0 Å². The van der Waals surface area contributed by atoms with Gasteiger partial charge in [0.1, 0.15) is 0 Å². The lowest BCUT2D eigenvalue weighted by atomic mass is 10.1. The monoisotopic (exact) mass is 295 g/mol. The van der Waals surface area contributed by atoms with Crippen molar-refractivity contribution in [1.82, 2.24) is 14.7 Å². The fourth-order valence-corrected chi connectivity index (χ4v) is 2.73. The first kappa shape index (κ1) is 14.2. The van der Waals surface area contributed by atoms with Gasteiger partial charge in [-0.3, -0.25) is 0 Å². The molecular formula is C12H13N3O4S. The maximum Gasteiger partial charge on any atom is 0.335 e. The van der Waals surface area contributed by atoms with Crippen molar-refractivity contribution < 1.29 is 18.3 Å².